The number of aliphatic hydroxyl groups is 1. The van der Waals surface area contributed by atoms with E-state index in [0.717, 1.165) is 30.8 Å². The summed E-state index contributed by atoms with van der Waals surface area (Å²) in [7, 11) is 0. The van der Waals surface area contributed by atoms with E-state index in [4.69, 9.17) is 5.11 Å². The summed E-state index contributed by atoms with van der Waals surface area (Å²) in [5.74, 6) is 1.16. The lowest BCUT2D eigenvalue weighted by molar-refractivity contribution is -0.137. The summed E-state index contributed by atoms with van der Waals surface area (Å²) in [6.07, 6.45) is 17.7. The Morgan fingerprint density at radius 2 is 1.86 bits per heavy atom. The van der Waals surface area contributed by atoms with Crippen molar-refractivity contribution in [1.29, 1.82) is 0 Å². The molecule has 0 aromatic carbocycles. The van der Waals surface area contributed by atoms with Gasteiger partial charge in [0.25, 0.3) is 0 Å². The zero-order valence-corrected chi connectivity index (χ0v) is 14.4. The second kappa shape index (κ2) is 16.4. The van der Waals surface area contributed by atoms with Crippen LogP contribution in [0.25, 0.3) is 0 Å². The zero-order valence-electron chi connectivity index (χ0n) is 13.6. The van der Waals surface area contributed by atoms with Crippen LogP contribution in [0.3, 0.4) is 0 Å². The predicted molar refractivity (Wildman–Crippen MR) is 96.4 cm³/mol. The normalized spacial score (nSPS) is 13.5. The molecular weight excluding hydrogens is 296 g/mol. The Kier molecular flexibility index (Phi) is 15.6. The van der Waals surface area contributed by atoms with Crippen LogP contribution < -0.4 is 0 Å². The highest BCUT2D eigenvalue weighted by atomic mass is 32.2. The molecule has 0 fully saturated rings. The van der Waals surface area contributed by atoms with Gasteiger partial charge in [-0.15, -0.1) is 0 Å². The minimum atomic E-state index is -0.726. The smallest absolute Gasteiger partial charge is 0.303 e. The van der Waals surface area contributed by atoms with Crippen molar-refractivity contribution in [3.05, 3.63) is 36.5 Å². The molecule has 0 saturated carbocycles. The monoisotopic (exact) mass is 326 g/mol. The van der Waals surface area contributed by atoms with Gasteiger partial charge in [0.1, 0.15) is 0 Å². The molecule has 22 heavy (non-hydrogen) atoms. The molecule has 0 unspecified atom stereocenters. The molecule has 126 valence electrons. The fourth-order valence-electron chi connectivity index (χ4n) is 1.79. The van der Waals surface area contributed by atoms with E-state index < -0.39 is 5.97 Å². The van der Waals surface area contributed by atoms with Crippen LogP contribution in [0.5, 0.6) is 0 Å². The van der Waals surface area contributed by atoms with Crippen molar-refractivity contribution in [2.45, 2.75) is 58.0 Å². The number of aliphatic carboxylic acids is 1. The van der Waals surface area contributed by atoms with Crippen LogP contribution in [0.4, 0.5) is 0 Å². The van der Waals surface area contributed by atoms with E-state index in [9.17, 15) is 9.90 Å². The van der Waals surface area contributed by atoms with Gasteiger partial charge in [0.15, 0.2) is 0 Å². The van der Waals surface area contributed by atoms with Crippen molar-refractivity contribution in [1.82, 2.24) is 0 Å². The van der Waals surface area contributed by atoms with Crippen LogP contribution in [0.15, 0.2) is 36.5 Å². The lowest BCUT2D eigenvalue weighted by Gasteiger charge is -2.02. The molecule has 0 bridgehead atoms. The Bertz CT molecular complexity index is 348. The summed E-state index contributed by atoms with van der Waals surface area (Å²) < 4.78 is 0. The number of carboxylic acids is 1. The number of rotatable bonds is 14. The van der Waals surface area contributed by atoms with Crippen molar-refractivity contribution in [3.8, 4) is 0 Å². The largest absolute Gasteiger partial charge is 0.481 e. The molecule has 0 amide bonds. The van der Waals surface area contributed by atoms with Crippen LogP contribution in [-0.2, 0) is 4.79 Å². The molecule has 0 aromatic heterocycles. The number of hydrogen-bond donors (Lipinski definition) is 2. The minimum Gasteiger partial charge on any atom is -0.481 e. The second-order valence-corrected chi connectivity index (χ2v) is 6.25. The first-order chi connectivity index (χ1) is 10.7. The number of carboxylic acid groups (broad SMARTS) is 1. The number of unbranched alkanes of at least 4 members (excludes halogenated alkanes) is 3. The molecule has 0 heterocycles. The van der Waals surface area contributed by atoms with E-state index in [1.54, 1.807) is 11.8 Å². The second-order valence-electron chi connectivity index (χ2n) is 5.17. The van der Waals surface area contributed by atoms with Crippen molar-refractivity contribution in [2.24, 2.45) is 0 Å². The van der Waals surface area contributed by atoms with Crippen LogP contribution in [0.1, 0.15) is 51.9 Å². The summed E-state index contributed by atoms with van der Waals surface area (Å²) in [6, 6.07) is 0. The molecule has 4 heteroatoms. The highest BCUT2D eigenvalue weighted by Gasteiger charge is 1.96. The lowest BCUT2D eigenvalue weighted by Crippen LogP contribution is -2.00. The molecule has 0 aliphatic carbocycles. The van der Waals surface area contributed by atoms with E-state index >= 15 is 0 Å². The minimum absolute atomic E-state index is 0.247. The summed E-state index contributed by atoms with van der Waals surface area (Å²) in [6.45, 7) is 2.16. The average Bonchev–Trinajstić information content (AvgIpc) is 2.48. The predicted octanol–water partition coefficient (Wildman–Crippen LogP) is 4.58. The molecule has 0 saturated heterocycles. The average molecular weight is 327 g/mol. The third-order valence-electron chi connectivity index (χ3n) is 3.04. The first-order valence-corrected chi connectivity index (χ1v) is 9.28. The maximum absolute atomic E-state index is 10.3. The molecule has 1 atom stereocenters. The molecule has 0 aliphatic heterocycles. The third kappa shape index (κ3) is 17.1. The van der Waals surface area contributed by atoms with Gasteiger partial charge in [0.05, 0.1) is 6.10 Å². The molecule has 3 nitrogen and oxygen atoms in total. The maximum atomic E-state index is 10.3. The Balaban J connectivity index is 3.46. The maximum Gasteiger partial charge on any atom is 0.303 e. The molecular formula is C18H30O3S. The van der Waals surface area contributed by atoms with Crippen molar-refractivity contribution >= 4 is 17.7 Å². The summed E-state index contributed by atoms with van der Waals surface area (Å²) in [4.78, 5) is 10.3. The summed E-state index contributed by atoms with van der Waals surface area (Å²) in [5.41, 5.74) is 0. The van der Waals surface area contributed by atoms with Crippen molar-refractivity contribution in [3.63, 3.8) is 0 Å². The van der Waals surface area contributed by atoms with Gasteiger partial charge in [-0.25, -0.2) is 0 Å². The highest BCUT2D eigenvalue weighted by Crippen LogP contribution is 2.05. The fraction of sp³-hybridized carbons (Fsp3) is 0.611. The Labute approximate surface area is 139 Å². The molecule has 0 rings (SSSR count). The van der Waals surface area contributed by atoms with Gasteiger partial charge in [-0.2, -0.15) is 11.8 Å². The first kappa shape index (κ1) is 21.0. The van der Waals surface area contributed by atoms with Crippen LogP contribution in [0.2, 0.25) is 0 Å². The number of aliphatic hydroxyl groups excluding tert-OH is 1. The lowest BCUT2D eigenvalue weighted by atomic mass is 10.1. The molecule has 0 radical (unpaired) electrons. The van der Waals surface area contributed by atoms with Crippen LogP contribution >= 0.6 is 11.8 Å². The van der Waals surface area contributed by atoms with E-state index in [-0.39, 0.29) is 12.5 Å². The SMILES string of the molecule is CCCCC[C@@H](O)/C=C/C=C\CSC/C=C\CCCC(=O)O. The fourth-order valence-corrected chi connectivity index (χ4v) is 2.44. The number of allylic oxidation sites excluding steroid dienone is 3. The highest BCUT2D eigenvalue weighted by molar-refractivity contribution is 7.99. The van der Waals surface area contributed by atoms with Gasteiger partial charge in [-0.1, -0.05) is 62.6 Å². The van der Waals surface area contributed by atoms with Gasteiger partial charge in [0, 0.05) is 17.9 Å². The standard InChI is InChI=1S/C18H30O3S/c1-2-3-7-12-17(19)13-8-6-11-16-22-15-10-5-4-9-14-18(20)21/h5-6,8,10-11,13,17,19H,2-4,7,9,12,14-16H2,1H3,(H,20,21)/b10-5-,11-6-,13-8+/t17-/m1/s1. The van der Waals surface area contributed by atoms with E-state index in [1.165, 1.54) is 12.8 Å². The van der Waals surface area contributed by atoms with Crippen molar-refractivity contribution in [2.75, 3.05) is 11.5 Å². The molecule has 2 N–H and O–H groups in total. The number of carbonyl (C=O) groups is 1. The number of thioether (sulfide) groups is 1. The zero-order chi connectivity index (χ0) is 16.5. The van der Waals surface area contributed by atoms with Crippen molar-refractivity contribution < 1.29 is 15.0 Å². The van der Waals surface area contributed by atoms with Crippen LogP contribution in [-0.4, -0.2) is 33.8 Å². The van der Waals surface area contributed by atoms with E-state index in [1.807, 2.05) is 24.3 Å². The van der Waals surface area contributed by atoms with Gasteiger partial charge in [0.2, 0.25) is 0 Å². The first-order valence-electron chi connectivity index (χ1n) is 8.12. The van der Waals surface area contributed by atoms with Gasteiger partial charge >= 0.3 is 5.97 Å². The Hall–Kier alpha value is -1.00. The topological polar surface area (TPSA) is 57.5 Å². The Morgan fingerprint density at radius 3 is 2.59 bits per heavy atom. The Morgan fingerprint density at radius 1 is 1.09 bits per heavy atom. The van der Waals surface area contributed by atoms with Crippen LogP contribution in [0, 0.1) is 0 Å². The summed E-state index contributed by atoms with van der Waals surface area (Å²) in [5, 5.41) is 18.2. The van der Waals surface area contributed by atoms with Gasteiger partial charge in [-0.3, -0.25) is 4.79 Å². The molecule has 0 spiro atoms. The molecule has 0 aliphatic rings. The summed E-state index contributed by atoms with van der Waals surface area (Å²) >= 11 is 1.81. The van der Waals surface area contributed by atoms with Gasteiger partial charge < -0.3 is 10.2 Å². The molecule has 0 aromatic rings. The van der Waals surface area contributed by atoms with E-state index in [0.29, 0.717) is 6.42 Å². The van der Waals surface area contributed by atoms with E-state index in [2.05, 4.69) is 19.1 Å². The van der Waals surface area contributed by atoms with Gasteiger partial charge in [-0.05, 0) is 19.3 Å². The third-order valence-corrected chi connectivity index (χ3v) is 3.90. The quantitative estimate of drug-likeness (QED) is 0.278. The number of hydrogen-bond acceptors (Lipinski definition) is 3.